The van der Waals surface area contributed by atoms with E-state index in [1.165, 1.54) is 12.8 Å². The fourth-order valence-electron chi connectivity index (χ4n) is 2.73. The minimum Gasteiger partial charge on any atom is -0.491 e. The molecular formula is C17H28N2O4S. The summed E-state index contributed by atoms with van der Waals surface area (Å²) >= 11 is 0. The van der Waals surface area contributed by atoms with Gasteiger partial charge in [0.05, 0.1) is 11.5 Å². The monoisotopic (exact) mass is 356 g/mol. The van der Waals surface area contributed by atoms with Gasteiger partial charge >= 0.3 is 0 Å². The number of sulfonamides is 1. The molecule has 0 radical (unpaired) electrons. The molecule has 1 aliphatic rings. The van der Waals surface area contributed by atoms with Gasteiger partial charge in [0.25, 0.3) is 0 Å². The van der Waals surface area contributed by atoms with E-state index in [-0.39, 0.29) is 4.90 Å². The van der Waals surface area contributed by atoms with Gasteiger partial charge in [-0.3, -0.25) is 0 Å². The fourth-order valence-corrected chi connectivity index (χ4v) is 3.78. The molecular weight excluding hydrogens is 328 g/mol. The number of nitrogens with one attached hydrogen (secondary N) is 2. The zero-order valence-corrected chi connectivity index (χ0v) is 15.1. The van der Waals surface area contributed by atoms with Gasteiger partial charge in [-0.05, 0) is 69.5 Å². The summed E-state index contributed by atoms with van der Waals surface area (Å²) in [5.41, 5.74) is 0. The molecule has 0 aliphatic carbocycles. The average Bonchev–Trinajstić information content (AvgIpc) is 2.60. The lowest BCUT2D eigenvalue weighted by Crippen LogP contribution is -2.33. The van der Waals surface area contributed by atoms with Gasteiger partial charge in [0.15, 0.2) is 0 Å². The summed E-state index contributed by atoms with van der Waals surface area (Å²) in [5, 5.41) is 3.34. The summed E-state index contributed by atoms with van der Waals surface area (Å²) < 4.78 is 38.0. The molecule has 1 atom stereocenters. The Morgan fingerprint density at radius 3 is 2.71 bits per heavy atom. The summed E-state index contributed by atoms with van der Waals surface area (Å²) in [7, 11) is -3.46. The van der Waals surface area contributed by atoms with Gasteiger partial charge in [0.2, 0.25) is 10.0 Å². The molecule has 1 saturated heterocycles. The number of benzene rings is 1. The molecule has 1 aromatic rings. The standard InChI is InChI=1S/C17H28N2O4S/c1-2-22-12-13-23-16-5-7-17(8-6-16)24(20,21)19-11-9-15-4-3-10-18-14-15/h5-8,15,18-19H,2-4,9-14H2,1H3. The van der Waals surface area contributed by atoms with Gasteiger partial charge in [-0.2, -0.15) is 0 Å². The molecule has 1 aliphatic heterocycles. The summed E-state index contributed by atoms with van der Waals surface area (Å²) in [5.74, 6) is 1.20. The van der Waals surface area contributed by atoms with Gasteiger partial charge in [0.1, 0.15) is 12.4 Å². The van der Waals surface area contributed by atoms with Crippen molar-refractivity contribution < 1.29 is 17.9 Å². The Labute approximate surface area is 145 Å². The van der Waals surface area contributed by atoms with Crippen LogP contribution in [0.15, 0.2) is 29.2 Å². The van der Waals surface area contributed by atoms with Crippen LogP contribution in [0.2, 0.25) is 0 Å². The average molecular weight is 356 g/mol. The van der Waals surface area contributed by atoms with Gasteiger partial charge in [-0.25, -0.2) is 13.1 Å². The van der Waals surface area contributed by atoms with Crippen molar-refractivity contribution in [2.24, 2.45) is 5.92 Å². The zero-order valence-electron chi connectivity index (χ0n) is 14.3. The van der Waals surface area contributed by atoms with Crippen molar-refractivity contribution in [1.82, 2.24) is 10.0 Å². The van der Waals surface area contributed by atoms with E-state index in [0.29, 0.717) is 38.0 Å². The van der Waals surface area contributed by atoms with E-state index < -0.39 is 10.0 Å². The van der Waals surface area contributed by atoms with Crippen molar-refractivity contribution in [2.75, 3.05) is 39.5 Å². The van der Waals surface area contributed by atoms with Crippen LogP contribution in [0.1, 0.15) is 26.2 Å². The highest BCUT2D eigenvalue weighted by atomic mass is 32.2. The van der Waals surface area contributed by atoms with Crippen LogP contribution in [0.3, 0.4) is 0 Å². The molecule has 1 aromatic carbocycles. The molecule has 0 amide bonds. The molecule has 1 heterocycles. The topological polar surface area (TPSA) is 76.7 Å². The van der Waals surface area contributed by atoms with Crippen molar-refractivity contribution in [3.05, 3.63) is 24.3 Å². The van der Waals surface area contributed by atoms with E-state index in [2.05, 4.69) is 10.0 Å². The van der Waals surface area contributed by atoms with Crippen LogP contribution in [0, 0.1) is 5.92 Å². The van der Waals surface area contributed by atoms with Gasteiger partial charge in [0, 0.05) is 13.2 Å². The number of rotatable bonds is 10. The molecule has 2 rings (SSSR count). The predicted octanol–water partition coefficient (Wildman–Crippen LogP) is 1.77. The van der Waals surface area contributed by atoms with E-state index in [0.717, 1.165) is 19.5 Å². The fraction of sp³-hybridized carbons (Fsp3) is 0.647. The van der Waals surface area contributed by atoms with Crippen LogP contribution in [0.5, 0.6) is 5.75 Å². The Morgan fingerprint density at radius 2 is 2.04 bits per heavy atom. The maximum absolute atomic E-state index is 12.3. The quantitative estimate of drug-likeness (QED) is 0.625. The third-order valence-corrected chi connectivity index (χ3v) is 5.56. The minimum absolute atomic E-state index is 0.265. The van der Waals surface area contributed by atoms with Crippen LogP contribution >= 0.6 is 0 Å². The molecule has 1 unspecified atom stereocenters. The Kier molecular flexibility index (Phi) is 7.98. The predicted molar refractivity (Wildman–Crippen MR) is 93.8 cm³/mol. The number of hydrogen-bond donors (Lipinski definition) is 2. The van der Waals surface area contributed by atoms with Crippen LogP contribution in [0.25, 0.3) is 0 Å². The number of piperidine rings is 1. The molecule has 24 heavy (non-hydrogen) atoms. The maximum Gasteiger partial charge on any atom is 0.240 e. The lowest BCUT2D eigenvalue weighted by Gasteiger charge is -2.22. The van der Waals surface area contributed by atoms with Crippen molar-refractivity contribution in [2.45, 2.75) is 31.1 Å². The minimum atomic E-state index is -3.46. The SMILES string of the molecule is CCOCCOc1ccc(S(=O)(=O)NCCC2CCCNC2)cc1. The molecule has 0 saturated carbocycles. The second kappa shape index (κ2) is 9.98. The summed E-state index contributed by atoms with van der Waals surface area (Å²) in [4.78, 5) is 0.265. The van der Waals surface area contributed by atoms with Crippen LogP contribution in [-0.2, 0) is 14.8 Å². The summed E-state index contributed by atoms with van der Waals surface area (Å²) in [6.07, 6.45) is 3.20. The molecule has 0 bridgehead atoms. The normalized spacial score (nSPS) is 18.5. The molecule has 136 valence electrons. The first kappa shape index (κ1) is 19.2. The highest BCUT2D eigenvalue weighted by molar-refractivity contribution is 7.89. The first-order chi connectivity index (χ1) is 11.6. The Hall–Kier alpha value is -1.15. The maximum atomic E-state index is 12.3. The molecule has 1 fully saturated rings. The first-order valence-electron chi connectivity index (χ1n) is 8.63. The van der Waals surface area contributed by atoms with Gasteiger partial charge in [-0.15, -0.1) is 0 Å². The Bertz CT molecular complexity index is 569. The largest absolute Gasteiger partial charge is 0.491 e. The van der Waals surface area contributed by atoms with Crippen LogP contribution in [0.4, 0.5) is 0 Å². The highest BCUT2D eigenvalue weighted by Crippen LogP contribution is 2.17. The first-order valence-corrected chi connectivity index (χ1v) is 10.1. The van der Waals surface area contributed by atoms with E-state index in [1.54, 1.807) is 24.3 Å². The molecule has 0 aromatic heterocycles. The van der Waals surface area contributed by atoms with Crippen LogP contribution < -0.4 is 14.8 Å². The third kappa shape index (κ3) is 6.39. The van der Waals surface area contributed by atoms with Crippen molar-refractivity contribution in [1.29, 1.82) is 0 Å². The van der Waals surface area contributed by atoms with Crippen molar-refractivity contribution in [3.63, 3.8) is 0 Å². The van der Waals surface area contributed by atoms with Gasteiger partial charge < -0.3 is 14.8 Å². The third-order valence-electron chi connectivity index (χ3n) is 4.08. The summed E-state index contributed by atoms with van der Waals surface area (Å²) in [6, 6.07) is 6.48. The van der Waals surface area contributed by atoms with E-state index in [1.807, 2.05) is 6.92 Å². The highest BCUT2D eigenvalue weighted by Gasteiger charge is 2.16. The molecule has 2 N–H and O–H groups in total. The van der Waals surface area contributed by atoms with E-state index >= 15 is 0 Å². The van der Waals surface area contributed by atoms with E-state index in [4.69, 9.17) is 9.47 Å². The van der Waals surface area contributed by atoms with Gasteiger partial charge in [-0.1, -0.05) is 0 Å². The Morgan fingerprint density at radius 1 is 1.25 bits per heavy atom. The van der Waals surface area contributed by atoms with E-state index in [9.17, 15) is 8.42 Å². The summed E-state index contributed by atoms with van der Waals surface area (Å²) in [6.45, 7) is 6.08. The van der Waals surface area contributed by atoms with Crippen molar-refractivity contribution >= 4 is 10.0 Å². The molecule has 6 nitrogen and oxygen atoms in total. The molecule has 7 heteroatoms. The second-order valence-electron chi connectivity index (χ2n) is 5.92. The smallest absolute Gasteiger partial charge is 0.240 e. The number of ether oxygens (including phenoxy) is 2. The lowest BCUT2D eigenvalue weighted by atomic mass is 9.96. The molecule has 0 spiro atoms. The van der Waals surface area contributed by atoms with Crippen LogP contribution in [-0.4, -0.2) is 47.9 Å². The number of hydrogen-bond acceptors (Lipinski definition) is 5. The second-order valence-corrected chi connectivity index (χ2v) is 7.68. The Balaban J connectivity index is 1.78. The van der Waals surface area contributed by atoms with Crippen molar-refractivity contribution in [3.8, 4) is 5.75 Å². The lowest BCUT2D eigenvalue weighted by molar-refractivity contribution is 0.110. The zero-order chi connectivity index (χ0) is 17.3.